The lowest BCUT2D eigenvalue weighted by atomic mass is 10.1. The fourth-order valence-electron chi connectivity index (χ4n) is 4.00. The fraction of sp³-hybridized carbons (Fsp3) is 0.360. The number of ether oxygens (including phenoxy) is 1. The van der Waals surface area contributed by atoms with Crippen molar-refractivity contribution in [2.24, 2.45) is 0 Å². The largest absolute Gasteiger partial charge is 0.485 e. The maximum Gasteiger partial charge on any atom is 0.257 e. The first-order valence-electron chi connectivity index (χ1n) is 11.0. The highest BCUT2D eigenvalue weighted by Gasteiger charge is 2.25. The average molecular weight is 451 g/mol. The van der Waals surface area contributed by atoms with Gasteiger partial charge in [0.1, 0.15) is 11.9 Å². The second-order valence-electron chi connectivity index (χ2n) is 8.14. The third-order valence-corrected chi connectivity index (χ3v) is 6.87. The molecule has 1 aliphatic rings. The molecule has 0 spiro atoms. The highest BCUT2D eigenvalue weighted by Crippen LogP contribution is 2.30. The number of nitrogens with zero attached hydrogens (tertiary/aromatic N) is 3. The zero-order chi connectivity index (χ0) is 22.5. The Morgan fingerprint density at radius 1 is 1.25 bits per heavy atom. The third kappa shape index (κ3) is 4.95. The van der Waals surface area contributed by atoms with Gasteiger partial charge in [-0.25, -0.2) is 0 Å². The lowest BCUT2D eigenvalue weighted by Crippen LogP contribution is -2.33. The van der Waals surface area contributed by atoms with Crippen LogP contribution >= 0.6 is 11.3 Å². The van der Waals surface area contributed by atoms with E-state index in [0.717, 1.165) is 42.1 Å². The van der Waals surface area contributed by atoms with Crippen molar-refractivity contribution in [2.45, 2.75) is 26.0 Å². The molecule has 0 radical (unpaired) electrons. The number of aromatic nitrogens is 1. The molecule has 1 aromatic carbocycles. The maximum atomic E-state index is 13.2. The van der Waals surface area contributed by atoms with E-state index < -0.39 is 0 Å². The number of pyridine rings is 1. The molecule has 3 heterocycles. The molecule has 0 saturated heterocycles. The molecule has 4 rings (SSSR count). The number of nitrogens with one attached hydrogen (secondary N) is 1. The molecule has 7 heteroatoms. The van der Waals surface area contributed by atoms with E-state index in [4.69, 9.17) is 4.74 Å². The first-order chi connectivity index (χ1) is 15.6. The van der Waals surface area contributed by atoms with Crippen molar-refractivity contribution in [3.8, 4) is 5.75 Å². The number of anilines is 1. The van der Waals surface area contributed by atoms with Gasteiger partial charge in [0.15, 0.2) is 0 Å². The van der Waals surface area contributed by atoms with Crippen molar-refractivity contribution in [1.82, 2.24) is 15.2 Å². The molecule has 2 aromatic heterocycles. The number of likely N-dealkylation sites (N-methyl/N-ethyl adjacent to an activating group) is 1. The highest BCUT2D eigenvalue weighted by molar-refractivity contribution is 7.10. The van der Waals surface area contributed by atoms with Gasteiger partial charge in [0, 0.05) is 50.4 Å². The predicted octanol–water partition coefficient (Wildman–Crippen LogP) is 4.27. The summed E-state index contributed by atoms with van der Waals surface area (Å²) >= 11 is 1.72. The summed E-state index contributed by atoms with van der Waals surface area (Å²) in [6, 6.07) is 12.3. The van der Waals surface area contributed by atoms with Crippen LogP contribution in [0.5, 0.6) is 5.75 Å². The van der Waals surface area contributed by atoms with E-state index in [1.165, 1.54) is 4.88 Å². The summed E-state index contributed by atoms with van der Waals surface area (Å²) in [7, 11) is 3.98. The highest BCUT2D eigenvalue weighted by atomic mass is 32.1. The molecule has 3 aromatic rings. The Morgan fingerprint density at radius 3 is 2.88 bits per heavy atom. The van der Waals surface area contributed by atoms with Gasteiger partial charge in [-0.05, 0) is 61.3 Å². The van der Waals surface area contributed by atoms with Crippen LogP contribution in [0.4, 0.5) is 5.69 Å². The number of carbonyl (C=O) groups is 1. The Labute approximate surface area is 193 Å². The molecule has 6 nitrogen and oxygen atoms in total. The quantitative estimate of drug-likeness (QED) is 0.555. The third-order valence-electron chi connectivity index (χ3n) is 5.90. The summed E-state index contributed by atoms with van der Waals surface area (Å²) in [4.78, 5) is 22.6. The second kappa shape index (κ2) is 10.1. The fourth-order valence-corrected chi connectivity index (χ4v) is 4.79. The Bertz CT molecular complexity index is 1050. The van der Waals surface area contributed by atoms with E-state index in [2.05, 4.69) is 51.8 Å². The number of thiophene rings is 1. The first kappa shape index (κ1) is 22.3. The lowest BCUT2D eigenvalue weighted by Gasteiger charge is -2.23. The Hall–Kier alpha value is -2.90. The van der Waals surface area contributed by atoms with Crippen molar-refractivity contribution in [2.75, 3.05) is 38.6 Å². The topological polar surface area (TPSA) is 57.7 Å². The van der Waals surface area contributed by atoms with Crippen LogP contribution < -0.4 is 15.0 Å². The van der Waals surface area contributed by atoms with Crippen LogP contribution in [0.3, 0.4) is 0 Å². The molecule has 168 valence electrons. The van der Waals surface area contributed by atoms with Gasteiger partial charge in [0.05, 0.1) is 11.3 Å². The lowest BCUT2D eigenvalue weighted by molar-refractivity contribution is 0.0754. The molecule has 0 aliphatic carbocycles. The van der Waals surface area contributed by atoms with Crippen molar-refractivity contribution in [1.29, 1.82) is 0 Å². The first-order valence-corrected chi connectivity index (χ1v) is 11.8. The zero-order valence-corrected chi connectivity index (χ0v) is 19.7. The number of amides is 1. The molecule has 1 aliphatic heterocycles. The van der Waals surface area contributed by atoms with E-state index in [1.54, 1.807) is 23.7 Å². The van der Waals surface area contributed by atoms with Crippen LogP contribution in [-0.4, -0.2) is 49.5 Å². The van der Waals surface area contributed by atoms with Crippen LogP contribution in [0, 0.1) is 6.92 Å². The van der Waals surface area contributed by atoms with Crippen LogP contribution in [-0.2, 0) is 6.54 Å². The molecular weight excluding hydrogens is 420 g/mol. The normalized spacial score (nSPS) is 14.8. The van der Waals surface area contributed by atoms with E-state index in [9.17, 15) is 4.79 Å². The van der Waals surface area contributed by atoms with Gasteiger partial charge in [-0.3, -0.25) is 9.78 Å². The van der Waals surface area contributed by atoms with E-state index in [1.807, 2.05) is 31.1 Å². The van der Waals surface area contributed by atoms with Crippen LogP contribution in [0.2, 0.25) is 0 Å². The van der Waals surface area contributed by atoms with E-state index >= 15 is 0 Å². The second-order valence-corrected chi connectivity index (χ2v) is 9.12. The summed E-state index contributed by atoms with van der Waals surface area (Å²) < 4.78 is 6.36. The number of aryl methyl sites for hydroxylation is 1. The molecule has 1 amide bonds. The van der Waals surface area contributed by atoms with Crippen molar-refractivity contribution in [3.63, 3.8) is 0 Å². The molecule has 0 fully saturated rings. The van der Waals surface area contributed by atoms with Crippen LogP contribution in [0.1, 0.15) is 38.9 Å². The molecule has 1 atom stereocenters. The monoisotopic (exact) mass is 450 g/mol. The summed E-state index contributed by atoms with van der Waals surface area (Å²) in [5, 5.41) is 5.30. The standard InChI is InChI=1S/C25H30N4O2S/c1-18-15-20(31-23(9-10-26-2)24-5-4-14-32-24)7-6-19(18)17-29-13-12-28(3)22-8-11-27-16-21(22)25(29)30/h4-8,11,14-16,23,26H,9-10,12-13,17H2,1-3H3. The van der Waals surface area contributed by atoms with Gasteiger partial charge >= 0.3 is 0 Å². The van der Waals surface area contributed by atoms with E-state index in [0.29, 0.717) is 18.7 Å². The maximum absolute atomic E-state index is 13.2. The summed E-state index contributed by atoms with van der Waals surface area (Å²) in [5.41, 5.74) is 3.85. The van der Waals surface area contributed by atoms with Gasteiger partial charge in [0.2, 0.25) is 0 Å². The van der Waals surface area contributed by atoms with Gasteiger partial charge in [-0.1, -0.05) is 12.1 Å². The number of rotatable bonds is 8. The van der Waals surface area contributed by atoms with Gasteiger partial charge in [0.25, 0.3) is 5.91 Å². The molecule has 1 N–H and O–H groups in total. The number of benzene rings is 1. The SMILES string of the molecule is CNCCC(Oc1ccc(CN2CCN(C)c3ccncc3C2=O)c(C)c1)c1cccs1. The molecular formula is C25H30N4O2S. The Balaban J connectivity index is 1.49. The van der Waals surface area contributed by atoms with Crippen LogP contribution in [0.25, 0.3) is 0 Å². The zero-order valence-electron chi connectivity index (χ0n) is 18.9. The van der Waals surface area contributed by atoms with Gasteiger partial charge in [-0.2, -0.15) is 0 Å². The van der Waals surface area contributed by atoms with Crippen molar-refractivity contribution >= 4 is 22.9 Å². The molecule has 32 heavy (non-hydrogen) atoms. The summed E-state index contributed by atoms with van der Waals surface area (Å²) in [6.45, 7) is 5.01. The Morgan fingerprint density at radius 2 is 2.12 bits per heavy atom. The van der Waals surface area contributed by atoms with Gasteiger partial charge < -0.3 is 19.9 Å². The number of carbonyl (C=O) groups excluding carboxylic acids is 1. The predicted molar refractivity (Wildman–Crippen MR) is 130 cm³/mol. The average Bonchev–Trinajstić information content (AvgIpc) is 3.31. The molecule has 1 unspecified atom stereocenters. The number of hydrogen-bond donors (Lipinski definition) is 1. The van der Waals surface area contributed by atoms with Crippen LogP contribution in [0.15, 0.2) is 54.2 Å². The minimum Gasteiger partial charge on any atom is -0.485 e. The number of fused-ring (bicyclic) bond motifs is 1. The summed E-state index contributed by atoms with van der Waals surface area (Å²) in [6.07, 6.45) is 4.34. The van der Waals surface area contributed by atoms with Crippen molar-refractivity contribution < 1.29 is 9.53 Å². The Kier molecular flexibility index (Phi) is 7.07. The minimum atomic E-state index is 0.0272. The van der Waals surface area contributed by atoms with E-state index in [-0.39, 0.29) is 12.0 Å². The number of hydrogen-bond acceptors (Lipinski definition) is 6. The minimum absolute atomic E-state index is 0.0272. The smallest absolute Gasteiger partial charge is 0.257 e. The van der Waals surface area contributed by atoms with Gasteiger partial charge in [-0.15, -0.1) is 11.3 Å². The summed E-state index contributed by atoms with van der Waals surface area (Å²) in [5.74, 6) is 0.888. The van der Waals surface area contributed by atoms with Crippen molar-refractivity contribution in [3.05, 3.63) is 75.7 Å². The molecule has 0 saturated carbocycles. The molecule has 0 bridgehead atoms.